The number of ether oxygens (including phenoxy) is 2. The number of carbonyl (C=O) groups is 1. The Hall–Kier alpha value is -2.54. The van der Waals surface area contributed by atoms with E-state index in [0.717, 1.165) is 24.1 Å². The van der Waals surface area contributed by atoms with Gasteiger partial charge in [0.25, 0.3) is 0 Å². The van der Waals surface area contributed by atoms with Crippen LogP contribution in [0, 0.1) is 19.7 Å². The van der Waals surface area contributed by atoms with Crippen molar-refractivity contribution in [3.05, 3.63) is 41.1 Å². The summed E-state index contributed by atoms with van der Waals surface area (Å²) in [5.74, 6) is 0.175. The highest BCUT2D eigenvalue weighted by Crippen LogP contribution is 2.39. The summed E-state index contributed by atoms with van der Waals surface area (Å²) in [4.78, 5) is 21.0. The lowest BCUT2D eigenvalue weighted by molar-refractivity contribution is -0.130. The van der Waals surface area contributed by atoms with Gasteiger partial charge in [-0.3, -0.25) is 9.78 Å². The number of carbonyl (C=O) groups excluding carboxylic acids is 1. The van der Waals surface area contributed by atoms with Gasteiger partial charge in [-0.2, -0.15) is 0 Å². The second-order valence-corrected chi connectivity index (χ2v) is 7.08. The van der Waals surface area contributed by atoms with Crippen molar-refractivity contribution in [3.8, 4) is 17.0 Å². The number of amides is 1. The molecule has 2 aliphatic heterocycles. The summed E-state index contributed by atoms with van der Waals surface area (Å²) >= 11 is 0. The van der Waals surface area contributed by atoms with Gasteiger partial charge in [-0.15, -0.1) is 0 Å². The zero-order valence-corrected chi connectivity index (χ0v) is 15.4. The minimum absolute atomic E-state index is 0.112. The lowest BCUT2D eigenvalue weighted by Crippen LogP contribution is -2.40. The quantitative estimate of drug-likeness (QED) is 0.894. The minimum Gasteiger partial charge on any atom is -0.487 e. The lowest BCUT2D eigenvalue weighted by atomic mass is 10.0. The number of halogens is 1. The molecule has 142 valence electrons. The zero-order chi connectivity index (χ0) is 19.0. The van der Waals surface area contributed by atoms with Crippen molar-refractivity contribution in [2.75, 3.05) is 13.2 Å². The van der Waals surface area contributed by atoms with Gasteiger partial charge in [0.1, 0.15) is 23.8 Å². The molecular formula is C20H22FN3O3. The molecule has 7 heteroatoms. The first kappa shape index (κ1) is 17.9. The van der Waals surface area contributed by atoms with Crippen LogP contribution in [0.2, 0.25) is 0 Å². The van der Waals surface area contributed by atoms with Gasteiger partial charge in [0.15, 0.2) is 0 Å². The van der Waals surface area contributed by atoms with Crippen LogP contribution < -0.4 is 10.1 Å². The van der Waals surface area contributed by atoms with Crippen LogP contribution in [0.25, 0.3) is 11.3 Å². The number of hydrogen-bond acceptors (Lipinski definition) is 5. The van der Waals surface area contributed by atoms with Gasteiger partial charge < -0.3 is 14.8 Å². The smallest absolute Gasteiger partial charge is 0.249 e. The summed E-state index contributed by atoms with van der Waals surface area (Å²) < 4.78 is 25.7. The van der Waals surface area contributed by atoms with E-state index >= 15 is 0 Å². The Morgan fingerprint density at radius 3 is 3.00 bits per heavy atom. The molecule has 2 aromatic rings. The lowest BCUT2D eigenvalue weighted by Gasteiger charge is -2.15. The Balaban J connectivity index is 1.53. The maximum atomic E-state index is 14.2. The van der Waals surface area contributed by atoms with E-state index in [1.165, 1.54) is 12.1 Å². The Kier molecular flexibility index (Phi) is 4.78. The fourth-order valence-electron chi connectivity index (χ4n) is 3.59. The van der Waals surface area contributed by atoms with Crippen molar-refractivity contribution in [2.24, 2.45) is 0 Å². The molecule has 2 atom stereocenters. The summed E-state index contributed by atoms with van der Waals surface area (Å²) in [5, 5.41) is 2.89. The number of fused-ring (bicyclic) bond motifs is 1. The van der Waals surface area contributed by atoms with E-state index in [4.69, 9.17) is 9.47 Å². The number of nitrogens with zero attached hydrogens (tertiary/aromatic N) is 2. The molecule has 1 fully saturated rings. The van der Waals surface area contributed by atoms with Crippen molar-refractivity contribution in [2.45, 2.75) is 45.3 Å². The second-order valence-electron chi connectivity index (χ2n) is 7.08. The molecule has 1 amide bonds. The molecule has 0 bridgehead atoms. The average Bonchev–Trinajstić information content (AvgIpc) is 3.30. The maximum Gasteiger partial charge on any atom is 0.249 e. The SMILES string of the molecule is Cc1cnc(C)c(-c2cc(F)cc3c2O[C@@H](CNC(=O)[C@H]2CCCO2)C3)n1. The highest BCUT2D eigenvalue weighted by Gasteiger charge is 2.30. The minimum atomic E-state index is -0.369. The van der Waals surface area contributed by atoms with Gasteiger partial charge in [0.05, 0.1) is 23.6 Å². The Bertz CT molecular complexity index is 881. The van der Waals surface area contributed by atoms with Crippen molar-refractivity contribution in [1.29, 1.82) is 0 Å². The third kappa shape index (κ3) is 3.64. The van der Waals surface area contributed by atoms with Crippen LogP contribution >= 0.6 is 0 Å². The predicted octanol–water partition coefficient (Wildman–Crippen LogP) is 2.50. The third-order valence-electron chi connectivity index (χ3n) is 4.92. The predicted molar refractivity (Wildman–Crippen MR) is 97.0 cm³/mol. The molecule has 1 N–H and O–H groups in total. The molecule has 4 rings (SSSR count). The average molecular weight is 371 g/mol. The summed E-state index contributed by atoms with van der Waals surface area (Å²) in [6.45, 7) is 4.67. The van der Waals surface area contributed by atoms with Crippen molar-refractivity contribution < 1.29 is 18.7 Å². The first-order chi connectivity index (χ1) is 13.0. The summed E-state index contributed by atoms with van der Waals surface area (Å²) in [6.07, 6.45) is 3.25. The number of hydrogen-bond donors (Lipinski definition) is 1. The van der Waals surface area contributed by atoms with Gasteiger partial charge in [-0.05, 0) is 38.8 Å². The zero-order valence-electron chi connectivity index (χ0n) is 15.4. The molecule has 2 aliphatic rings. The molecule has 1 saturated heterocycles. The van der Waals surface area contributed by atoms with Crippen molar-refractivity contribution in [3.63, 3.8) is 0 Å². The van der Waals surface area contributed by atoms with Crippen LogP contribution in [0.4, 0.5) is 4.39 Å². The van der Waals surface area contributed by atoms with Gasteiger partial charge in [-0.1, -0.05) is 0 Å². The fraction of sp³-hybridized carbons (Fsp3) is 0.450. The molecule has 1 aromatic carbocycles. The van der Waals surface area contributed by atoms with E-state index in [2.05, 4.69) is 15.3 Å². The number of nitrogens with one attached hydrogen (secondary N) is 1. The first-order valence-electron chi connectivity index (χ1n) is 9.20. The van der Waals surface area contributed by atoms with Crippen LogP contribution in [0.3, 0.4) is 0 Å². The Labute approximate surface area is 157 Å². The van der Waals surface area contributed by atoms with E-state index in [-0.39, 0.29) is 23.9 Å². The summed E-state index contributed by atoms with van der Waals surface area (Å²) in [5.41, 5.74) is 3.48. The molecule has 0 radical (unpaired) electrons. The van der Waals surface area contributed by atoms with Crippen LogP contribution in [-0.4, -0.2) is 41.2 Å². The topological polar surface area (TPSA) is 73.3 Å². The number of rotatable bonds is 4. The van der Waals surface area contributed by atoms with E-state index in [0.29, 0.717) is 42.3 Å². The molecule has 0 aliphatic carbocycles. The van der Waals surface area contributed by atoms with Crippen LogP contribution in [0.1, 0.15) is 29.8 Å². The molecule has 0 saturated carbocycles. The van der Waals surface area contributed by atoms with E-state index in [1.54, 1.807) is 6.20 Å². The molecule has 0 unspecified atom stereocenters. The molecule has 1 aromatic heterocycles. The molecular weight excluding hydrogens is 349 g/mol. The number of aryl methyl sites for hydroxylation is 2. The van der Waals surface area contributed by atoms with Crippen LogP contribution in [0.5, 0.6) is 5.75 Å². The van der Waals surface area contributed by atoms with Gasteiger partial charge in [0.2, 0.25) is 5.91 Å². The summed E-state index contributed by atoms with van der Waals surface area (Å²) in [6, 6.07) is 2.92. The maximum absolute atomic E-state index is 14.2. The standard InChI is InChI=1S/C20H22FN3O3/c1-11-9-22-12(2)18(24-11)16-8-14(21)6-13-7-15(27-19(13)16)10-23-20(25)17-4-3-5-26-17/h6,8-9,15,17H,3-5,7,10H2,1-2H3,(H,23,25)/t15-,17-/m1/s1. The van der Waals surface area contributed by atoms with E-state index < -0.39 is 0 Å². The Morgan fingerprint density at radius 2 is 2.22 bits per heavy atom. The third-order valence-corrected chi connectivity index (χ3v) is 4.92. The highest BCUT2D eigenvalue weighted by molar-refractivity contribution is 5.81. The Morgan fingerprint density at radius 1 is 1.37 bits per heavy atom. The molecule has 6 nitrogen and oxygen atoms in total. The highest BCUT2D eigenvalue weighted by atomic mass is 19.1. The van der Waals surface area contributed by atoms with Crippen molar-refractivity contribution >= 4 is 5.91 Å². The van der Waals surface area contributed by atoms with Crippen LogP contribution in [0.15, 0.2) is 18.3 Å². The fourth-order valence-corrected chi connectivity index (χ4v) is 3.59. The molecule has 3 heterocycles. The van der Waals surface area contributed by atoms with E-state index in [1.807, 2.05) is 13.8 Å². The largest absolute Gasteiger partial charge is 0.487 e. The van der Waals surface area contributed by atoms with Gasteiger partial charge in [-0.25, -0.2) is 9.37 Å². The van der Waals surface area contributed by atoms with Gasteiger partial charge >= 0.3 is 0 Å². The summed E-state index contributed by atoms with van der Waals surface area (Å²) in [7, 11) is 0. The number of aromatic nitrogens is 2. The van der Waals surface area contributed by atoms with Crippen LogP contribution in [-0.2, 0) is 16.0 Å². The van der Waals surface area contributed by atoms with Crippen molar-refractivity contribution in [1.82, 2.24) is 15.3 Å². The monoisotopic (exact) mass is 371 g/mol. The molecule has 27 heavy (non-hydrogen) atoms. The molecule has 0 spiro atoms. The first-order valence-corrected chi connectivity index (χ1v) is 9.20. The van der Waals surface area contributed by atoms with E-state index in [9.17, 15) is 9.18 Å². The normalized spacial score (nSPS) is 21.0. The second kappa shape index (κ2) is 7.23. The number of benzene rings is 1. The van der Waals surface area contributed by atoms with Gasteiger partial charge in [0, 0.05) is 30.4 Å².